The zero-order chi connectivity index (χ0) is 11.5. The average Bonchev–Trinajstić information content (AvgIpc) is 2.58. The Hall–Kier alpha value is -1.75. The van der Waals surface area contributed by atoms with Gasteiger partial charge in [0.1, 0.15) is 11.6 Å². The fourth-order valence-electron chi connectivity index (χ4n) is 1.67. The Labute approximate surface area is 94.3 Å². The van der Waals surface area contributed by atoms with Gasteiger partial charge >= 0.3 is 0 Å². The highest BCUT2D eigenvalue weighted by Gasteiger charge is 2.06. The molecule has 0 aliphatic heterocycles. The zero-order valence-corrected chi connectivity index (χ0v) is 9.51. The number of nitrogens with zero attached hydrogens (tertiary/aromatic N) is 4. The third-order valence-corrected chi connectivity index (χ3v) is 2.46. The Morgan fingerprint density at radius 2 is 2.19 bits per heavy atom. The molecule has 0 aromatic carbocycles. The Balaban J connectivity index is 2.30. The lowest BCUT2D eigenvalue weighted by molar-refractivity contribution is 0.648. The molecule has 0 atom stereocenters. The topological polar surface area (TPSA) is 69.6 Å². The largest absolute Gasteiger partial charge is 0.325 e. The molecule has 2 N–H and O–H groups in total. The van der Waals surface area contributed by atoms with Crippen molar-refractivity contribution in [2.75, 3.05) is 0 Å². The van der Waals surface area contributed by atoms with Crippen molar-refractivity contribution in [1.29, 1.82) is 0 Å². The average molecular weight is 217 g/mol. The molecule has 16 heavy (non-hydrogen) atoms. The number of nitrogens with two attached hydrogens (primary N) is 1. The van der Waals surface area contributed by atoms with Gasteiger partial charge in [-0.1, -0.05) is 6.07 Å². The second-order valence-electron chi connectivity index (χ2n) is 3.68. The van der Waals surface area contributed by atoms with Crippen LogP contribution >= 0.6 is 0 Å². The molecule has 5 heteroatoms. The van der Waals surface area contributed by atoms with Gasteiger partial charge in [-0.15, -0.1) is 0 Å². The summed E-state index contributed by atoms with van der Waals surface area (Å²) in [5, 5.41) is 4.32. The van der Waals surface area contributed by atoms with Crippen molar-refractivity contribution in [3.8, 4) is 0 Å². The smallest absolute Gasteiger partial charge is 0.147 e. The van der Waals surface area contributed by atoms with E-state index >= 15 is 0 Å². The third-order valence-electron chi connectivity index (χ3n) is 2.46. The van der Waals surface area contributed by atoms with Crippen molar-refractivity contribution in [3.05, 3.63) is 41.2 Å². The van der Waals surface area contributed by atoms with E-state index in [9.17, 15) is 0 Å². The fourth-order valence-corrected chi connectivity index (χ4v) is 1.67. The first kappa shape index (κ1) is 10.8. The highest BCUT2D eigenvalue weighted by molar-refractivity contribution is 5.20. The summed E-state index contributed by atoms with van der Waals surface area (Å²) in [5.74, 6) is 1.69. The molecule has 5 nitrogen and oxygen atoms in total. The minimum absolute atomic E-state index is 0.447. The van der Waals surface area contributed by atoms with E-state index in [1.807, 2.05) is 30.7 Å². The van der Waals surface area contributed by atoms with Gasteiger partial charge in [-0.25, -0.2) is 9.67 Å². The summed E-state index contributed by atoms with van der Waals surface area (Å²) in [6.07, 6.45) is 1.76. The second-order valence-corrected chi connectivity index (χ2v) is 3.68. The summed E-state index contributed by atoms with van der Waals surface area (Å²) < 4.78 is 1.87. The van der Waals surface area contributed by atoms with Crippen LogP contribution in [-0.2, 0) is 13.1 Å². The molecule has 2 heterocycles. The second kappa shape index (κ2) is 4.40. The number of aromatic nitrogens is 4. The minimum Gasteiger partial charge on any atom is -0.325 e. The molecule has 2 aromatic heterocycles. The van der Waals surface area contributed by atoms with Crippen molar-refractivity contribution in [2.45, 2.75) is 26.9 Å². The van der Waals surface area contributed by atoms with Crippen molar-refractivity contribution in [3.63, 3.8) is 0 Å². The van der Waals surface area contributed by atoms with E-state index in [0.29, 0.717) is 13.1 Å². The molecule has 0 radical (unpaired) electrons. The molecule has 0 bridgehead atoms. The van der Waals surface area contributed by atoms with Crippen LogP contribution in [0.5, 0.6) is 0 Å². The number of aryl methyl sites for hydroxylation is 2. The quantitative estimate of drug-likeness (QED) is 0.825. The van der Waals surface area contributed by atoms with Gasteiger partial charge in [0.15, 0.2) is 0 Å². The standard InChI is InChI=1S/C11H15N5/c1-8-14-9(2)16(15-8)7-10-4-3-5-13-11(10)6-12/h3-5H,6-7,12H2,1-2H3. The Morgan fingerprint density at radius 3 is 2.81 bits per heavy atom. The van der Waals surface area contributed by atoms with Crippen LogP contribution in [0.1, 0.15) is 22.9 Å². The van der Waals surface area contributed by atoms with Crippen LogP contribution in [0.3, 0.4) is 0 Å². The highest BCUT2D eigenvalue weighted by Crippen LogP contribution is 2.08. The number of pyridine rings is 1. The summed E-state index contributed by atoms with van der Waals surface area (Å²) in [5.41, 5.74) is 7.65. The molecule has 0 aliphatic carbocycles. The Kier molecular flexibility index (Phi) is 2.96. The lowest BCUT2D eigenvalue weighted by Gasteiger charge is -2.07. The van der Waals surface area contributed by atoms with Gasteiger partial charge in [0.05, 0.1) is 12.2 Å². The van der Waals surface area contributed by atoms with Gasteiger partial charge in [-0.05, 0) is 25.5 Å². The van der Waals surface area contributed by atoms with Crippen LogP contribution in [0.4, 0.5) is 0 Å². The van der Waals surface area contributed by atoms with Gasteiger partial charge in [-0.2, -0.15) is 5.10 Å². The lowest BCUT2D eigenvalue weighted by Crippen LogP contribution is -2.10. The SMILES string of the molecule is Cc1nc(C)n(Cc2cccnc2CN)n1. The van der Waals surface area contributed by atoms with Crippen LogP contribution in [0.2, 0.25) is 0 Å². The van der Waals surface area contributed by atoms with E-state index < -0.39 is 0 Å². The van der Waals surface area contributed by atoms with E-state index in [1.165, 1.54) is 0 Å². The Morgan fingerprint density at radius 1 is 1.38 bits per heavy atom. The van der Waals surface area contributed by atoms with Crippen LogP contribution in [-0.4, -0.2) is 19.7 Å². The van der Waals surface area contributed by atoms with Crippen LogP contribution in [0, 0.1) is 13.8 Å². The van der Waals surface area contributed by atoms with Gasteiger partial charge in [-0.3, -0.25) is 4.98 Å². The maximum atomic E-state index is 5.64. The van der Waals surface area contributed by atoms with E-state index in [4.69, 9.17) is 5.73 Å². The summed E-state index contributed by atoms with van der Waals surface area (Å²) in [4.78, 5) is 8.51. The van der Waals surface area contributed by atoms with E-state index in [2.05, 4.69) is 15.1 Å². The van der Waals surface area contributed by atoms with E-state index in [-0.39, 0.29) is 0 Å². The fraction of sp³-hybridized carbons (Fsp3) is 0.364. The molecular weight excluding hydrogens is 202 g/mol. The maximum absolute atomic E-state index is 5.64. The van der Waals surface area contributed by atoms with E-state index in [0.717, 1.165) is 22.9 Å². The maximum Gasteiger partial charge on any atom is 0.147 e. The number of hydrogen-bond donors (Lipinski definition) is 1. The highest BCUT2D eigenvalue weighted by atomic mass is 15.3. The number of hydrogen-bond acceptors (Lipinski definition) is 4. The Bertz CT molecular complexity index is 489. The molecule has 0 unspecified atom stereocenters. The molecule has 0 aliphatic rings. The first-order chi connectivity index (χ1) is 7.70. The predicted molar refractivity (Wildman–Crippen MR) is 60.7 cm³/mol. The van der Waals surface area contributed by atoms with Crippen LogP contribution in [0.25, 0.3) is 0 Å². The lowest BCUT2D eigenvalue weighted by atomic mass is 10.2. The number of rotatable bonds is 3. The van der Waals surface area contributed by atoms with Gasteiger partial charge in [0, 0.05) is 12.7 Å². The molecule has 84 valence electrons. The molecule has 0 amide bonds. The van der Waals surface area contributed by atoms with Crippen molar-refractivity contribution in [1.82, 2.24) is 19.7 Å². The first-order valence-electron chi connectivity index (χ1n) is 5.21. The minimum atomic E-state index is 0.447. The summed E-state index contributed by atoms with van der Waals surface area (Å²) in [7, 11) is 0. The van der Waals surface area contributed by atoms with Crippen LogP contribution in [0.15, 0.2) is 18.3 Å². The first-order valence-corrected chi connectivity index (χ1v) is 5.21. The van der Waals surface area contributed by atoms with E-state index in [1.54, 1.807) is 6.20 Å². The summed E-state index contributed by atoms with van der Waals surface area (Å²) >= 11 is 0. The predicted octanol–water partition coefficient (Wildman–Crippen LogP) is 0.797. The molecule has 2 rings (SSSR count). The molecule has 0 fully saturated rings. The van der Waals surface area contributed by atoms with Crippen molar-refractivity contribution >= 4 is 0 Å². The molecule has 0 saturated carbocycles. The normalized spacial score (nSPS) is 10.7. The van der Waals surface area contributed by atoms with Crippen molar-refractivity contribution in [2.24, 2.45) is 5.73 Å². The van der Waals surface area contributed by atoms with Crippen molar-refractivity contribution < 1.29 is 0 Å². The summed E-state index contributed by atoms with van der Waals surface area (Å²) in [6.45, 7) is 4.95. The van der Waals surface area contributed by atoms with Gasteiger partial charge in [0.2, 0.25) is 0 Å². The van der Waals surface area contributed by atoms with Crippen LogP contribution < -0.4 is 5.73 Å². The third kappa shape index (κ3) is 2.09. The molecule has 0 saturated heterocycles. The summed E-state index contributed by atoms with van der Waals surface area (Å²) in [6, 6.07) is 3.93. The van der Waals surface area contributed by atoms with Gasteiger partial charge < -0.3 is 5.73 Å². The molecule has 0 spiro atoms. The molecular formula is C11H15N5. The van der Waals surface area contributed by atoms with Gasteiger partial charge in [0.25, 0.3) is 0 Å². The molecule has 2 aromatic rings. The monoisotopic (exact) mass is 217 g/mol. The zero-order valence-electron chi connectivity index (χ0n) is 9.51.